The van der Waals surface area contributed by atoms with Crippen molar-refractivity contribution in [3.05, 3.63) is 12.2 Å². The van der Waals surface area contributed by atoms with Crippen molar-refractivity contribution in [2.45, 2.75) is 61.3 Å². The lowest BCUT2D eigenvalue weighted by atomic mass is 10.3. The highest BCUT2D eigenvalue weighted by Crippen LogP contribution is 1.81. The van der Waals surface area contributed by atoms with Gasteiger partial charge in [0.2, 0.25) is 0 Å². The molecule has 0 aliphatic heterocycles. The van der Waals surface area contributed by atoms with Gasteiger partial charge >= 0.3 is 0 Å². The van der Waals surface area contributed by atoms with E-state index in [1.54, 1.807) is 0 Å². The van der Waals surface area contributed by atoms with Crippen LogP contribution in [0.4, 0.5) is 0 Å². The molecule has 0 fully saturated rings. The summed E-state index contributed by atoms with van der Waals surface area (Å²) in [6.45, 7) is 14.9. The van der Waals surface area contributed by atoms with Gasteiger partial charge in [0, 0.05) is 0 Å². The lowest BCUT2D eigenvalue weighted by Crippen LogP contribution is -1.66. The molecular formula is C12H28. The molecule has 0 spiro atoms. The second-order valence-electron chi connectivity index (χ2n) is 3.40. The topological polar surface area (TPSA) is 0 Å². The molecule has 0 amide bonds. The molecule has 76 valence electrons. The Morgan fingerprint density at radius 2 is 1.00 bits per heavy atom. The molecule has 0 bridgehead atoms. The normalized spacial score (nSPS) is 8.67. The fourth-order valence-electron chi connectivity index (χ4n) is 0. The fraction of sp³-hybridized carbons (Fsp3) is 0.833. The fourth-order valence-corrected chi connectivity index (χ4v) is 0. The third-order valence-electron chi connectivity index (χ3n) is 0.833. The van der Waals surface area contributed by atoms with Crippen molar-refractivity contribution < 1.29 is 0 Å². The van der Waals surface area contributed by atoms with Crippen LogP contribution >= 0.6 is 0 Å². The van der Waals surface area contributed by atoms with Crippen molar-refractivity contribution in [2.75, 3.05) is 0 Å². The summed E-state index contributed by atoms with van der Waals surface area (Å²) < 4.78 is 0. The largest absolute Gasteiger partial charge is 0.0919 e. The number of hydrogen-bond acceptors (Lipinski definition) is 0. The minimum absolute atomic E-state index is 0.833. The third kappa shape index (κ3) is 246. The van der Waals surface area contributed by atoms with Crippen molar-refractivity contribution in [1.82, 2.24) is 0 Å². The van der Waals surface area contributed by atoms with Gasteiger partial charge in [0.25, 0.3) is 0 Å². The summed E-state index contributed by atoms with van der Waals surface area (Å²) in [4.78, 5) is 0. The minimum Gasteiger partial charge on any atom is -0.0919 e. The van der Waals surface area contributed by atoms with E-state index in [9.17, 15) is 0 Å². The molecule has 0 unspecified atom stereocenters. The number of hydrogen-bond donors (Lipinski definition) is 0. The van der Waals surface area contributed by atoms with Crippen LogP contribution in [0.25, 0.3) is 0 Å². The van der Waals surface area contributed by atoms with Crippen molar-refractivity contribution in [3.63, 3.8) is 0 Å². The molecular weight excluding hydrogens is 144 g/mol. The van der Waals surface area contributed by atoms with Gasteiger partial charge in [-0.3, -0.25) is 0 Å². The summed E-state index contributed by atoms with van der Waals surface area (Å²) in [7, 11) is 0. The maximum Gasteiger partial charge on any atom is -0.0470 e. The quantitative estimate of drug-likeness (QED) is 0.485. The molecule has 0 radical (unpaired) electrons. The molecule has 0 rings (SSSR count). The summed E-state index contributed by atoms with van der Waals surface area (Å²) in [6.07, 6.45) is 6.64. The summed E-state index contributed by atoms with van der Waals surface area (Å²) in [6, 6.07) is 0. The van der Waals surface area contributed by atoms with Gasteiger partial charge in [-0.2, -0.15) is 0 Å². The molecule has 0 aromatic carbocycles. The SMILES string of the molecule is C/C=C/C.CC(C)C.CCCC. The van der Waals surface area contributed by atoms with Crippen LogP contribution in [0.15, 0.2) is 12.2 Å². The molecule has 0 nitrogen and oxygen atoms in total. The highest BCUT2D eigenvalue weighted by atomic mass is 13.7. The Kier molecular flexibility index (Phi) is 33.1. The van der Waals surface area contributed by atoms with Gasteiger partial charge in [-0.05, 0) is 19.8 Å². The maximum absolute atomic E-state index is 2.18. The zero-order chi connectivity index (χ0) is 10.4. The monoisotopic (exact) mass is 172 g/mol. The zero-order valence-corrected chi connectivity index (χ0v) is 10.1. The van der Waals surface area contributed by atoms with E-state index in [0.717, 1.165) is 5.92 Å². The summed E-state index contributed by atoms with van der Waals surface area (Å²) in [5, 5.41) is 0. The first-order chi connectivity index (χ1) is 5.56. The maximum atomic E-state index is 2.18. The van der Waals surface area contributed by atoms with Crippen LogP contribution in [0.2, 0.25) is 0 Å². The van der Waals surface area contributed by atoms with Crippen molar-refractivity contribution in [1.29, 1.82) is 0 Å². The van der Waals surface area contributed by atoms with Crippen LogP contribution in [0.5, 0.6) is 0 Å². The van der Waals surface area contributed by atoms with Gasteiger partial charge in [0.1, 0.15) is 0 Å². The van der Waals surface area contributed by atoms with E-state index in [1.807, 2.05) is 26.0 Å². The highest BCUT2D eigenvalue weighted by Gasteiger charge is 1.68. The molecule has 0 saturated carbocycles. The second kappa shape index (κ2) is 22.4. The van der Waals surface area contributed by atoms with E-state index in [-0.39, 0.29) is 0 Å². The van der Waals surface area contributed by atoms with Crippen molar-refractivity contribution in [3.8, 4) is 0 Å². The third-order valence-corrected chi connectivity index (χ3v) is 0.833. The van der Waals surface area contributed by atoms with Gasteiger partial charge in [0.15, 0.2) is 0 Å². The average molecular weight is 172 g/mol. The molecule has 0 saturated heterocycles. The zero-order valence-electron chi connectivity index (χ0n) is 10.1. The summed E-state index contributed by atoms with van der Waals surface area (Å²) in [5.41, 5.74) is 0. The van der Waals surface area contributed by atoms with E-state index in [2.05, 4.69) is 34.6 Å². The van der Waals surface area contributed by atoms with Crippen LogP contribution in [0, 0.1) is 5.92 Å². The molecule has 0 heterocycles. The Balaban J connectivity index is -0.000000101. The average Bonchev–Trinajstić information content (AvgIpc) is 2.03. The van der Waals surface area contributed by atoms with Gasteiger partial charge in [0.05, 0.1) is 0 Å². The van der Waals surface area contributed by atoms with Crippen LogP contribution in [0.3, 0.4) is 0 Å². The first-order valence-corrected chi connectivity index (χ1v) is 5.13. The Hall–Kier alpha value is -0.260. The molecule has 0 N–H and O–H groups in total. The molecule has 0 heteroatoms. The Bertz CT molecular complexity index is 51.7. The lowest BCUT2D eigenvalue weighted by Gasteiger charge is -1.79. The van der Waals surface area contributed by atoms with Gasteiger partial charge < -0.3 is 0 Å². The minimum atomic E-state index is 0.833. The van der Waals surface area contributed by atoms with Crippen molar-refractivity contribution >= 4 is 0 Å². The molecule has 12 heavy (non-hydrogen) atoms. The van der Waals surface area contributed by atoms with Gasteiger partial charge in [-0.15, -0.1) is 0 Å². The van der Waals surface area contributed by atoms with Crippen LogP contribution in [0.1, 0.15) is 61.3 Å². The summed E-state index contributed by atoms with van der Waals surface area (Å²) >= 11 is 0. The van der Waals surface area contributed by atoms with E-state index in [0.29, 0.717) is 0 Å². The molecule has 0 aromatic rings. The first-order valence-electron chi connectivity index (χ1n) is 5.13. The van der Waals surface area contributed by atoms with Crippen molar-refractivity contribution in [2.24, 2.45) is 5.92 Å². The van der Waals surface area contributed by atoms with Crippen LogP contribution < -0.4 is 0 Å². The van der Waals surface area contributed by atoms with Crippen LogP contribution in [-0.4, -0.2) is 0 Å². The number of unbranched alkanes of at least 4 members (excludes halogenated alkanes) is 1. The second-order valence-corrected chi connectivity index (χ2v) is 3.40. The highest BCUT2D eigenvalue weighted by molar-refractivity contribution is 4.68. The first kappa shape index (κ1) is 17.7. The molecule has 0 atom stereocenters. The summed E-state index contributed by atoms with van der Waals surface area (Å²) in [5.74, 6) is 0.833. The molecule has 0 aliphatic rings. The lowest BCUT2D eigenvalue weighted by molar-refractivity contribution is 0.737. The van der Waals surface area contributed by atoms with E-state index >= 15 is 0 Å². The van der Waals surface area contributed by atoms with E-state index < -0.39 is 0 Å². The standard InChI is InChI=1S/2C4H10.C4H8/c1-4(2)3;2*1-3-4-2/h4H,1-3H3;3-4H2,1-2H3;3-4H,1-2H3/b;;4-3+. The van der Waals surface area contributed by atoms with E-state index in [4.69, 9.17) is 0 Å². The van der Waals surface area contributed by atoms with Gasteiger partial charge in [-0.1, -0.05) is 59.6 Å². The Morgan fingerprint density at radius 1 is 0.833 bits per heavy atom. The van der Waals surface area contributed by atoms with Crippen LogP contribution in [-0.2, 0) is 0 Å². The molecule has 0 aromatic heterocycles. The van der Waals surface area contributed by atoms with Gasteiger partial charge in [-0.25, -0.2) is 0 Å². The number of rotatable bonds is 1. The predicted molar refractivity (Wildman–Crippen MR) is 61.6 cm³/mol. The smallest absolute Gasteiger partial charge is 0.0470 e. The van der Waals surface area contributed by atoms with E-state index in [1.165, 1.54) is 12.8 Å². The Morgan fingerprint density at radius 3 is 1.00 bits per heavy atom. The number of allylic oxidation sites excluding steroid dienone is 2. The Labute approximate surface area is 80.1 Å². The molecule has 0 aliphatic carbocycles. The predicted octanol–water partition coefficient (Wildman–Crippen LogP) is 5.05.